The molecule has 4 nitrogen and oxygen atoms in total. The number of hydrogen-bond donors (Lipinski definition) is 1. The van der Waals surface area contributed by atoms with Gasteiger partial charge < -0.3 is 0 Å². The summed E-state index contributed by atoms with van der Waals surface area (Å²) < 4.78 is 23.0. The van der Waals surface area contributed by atoms with Gasteiger partial charge in [0.05, 0.1) is 0 Å². The first-order valence-corrected chi connectivity index (χ1v) is 5.36. The molecule has 8 heavy (non-hydrogen) atoms. The highest BCUT2D eigenvalue weighted by Crippen LogP contribution is 2.02. The van der Waals surface area contributed by atoms with Crippen LogP contribution in [-0.4, -0.2) is 8.42 Å². The Labute approximate surface area is 53.7 Å². The predicted octanol–water partition coefficient (Wildman–Crippen LogP) is 1.07. The quantitative estimate of drug-likeness (QED) is 0.659. The summed E-state index contributed by atoms with van der Waals surface area (Å²) >= 11 is 0. The Kier molecular flexibility index (Phi) is 6.18. The van der Waals surface area contributed by atoms with Gasteiger partial charge in [-0.25, -0.2) is 4.52 Å². The molecule has 0 bridgehead atoms. The van der Waals surface area contributed by atoms with E-state index in [-0.39, 0.29) is 7.51 Å². The summed E-state index contributed by atoms with van der Waals surface area (Å²) in [5, 5.41) is 0. The molecule has 0 aromatic rings. The summed E-state index contributed by atoms with van der Waals surface area (Å²) in [5.41, 5.74) is 0. The van der Waals surface area contributed by atoms with Gasteiger partial charge in [-0.2, -0.15) is 13.3 Å². The van der Waals surface area contributed by atoms with Crippen molar-refractivity contribution >= 4 is 35.3 Å². The van der Waals surface area contributed by atoms with E-state index in [4.69, 9.17) is 0 Å². The van der Waals surface area contributed by atoms with Gasteiger partial charge in [0.25, 0.3) is 9.88 Å². The molecule has 1 unspecified atom stereocenters. The Morgan fingerprint density at radius 1 is 1.62 bits per heavy atom. The number of hydrogen-bond acceptors (Lipinski definition) is 3. The lowest BCUT2D eigenvalue weighted by Gasteiger charge is -1.70. The first-order valence-electron chi connectivity index (χ1n) is 1.42. The number of nitrogens with zero attached hydrogens (tertiary/aromatic N) is 1. The Hall–Kier alpha value is 0.610. The smallest absolute Gasteiger partial charge is 0.235 e. The van der Waals surface area contributed by atoms with Crippen molar-refractivity contribution in [3.05, 3.63) is 0 Å². The van der Waals surface area contributed by atoms with Gasteiger partial charge in [0.15, 0.2) is 0 Å². The molecule has 46 valence electrons. The molecule has 0 fully saturated rings. The molecule has 0 rings (SSSR count). The molecule has 0 heterocycles. The monoisotopic (exact) mass is 188 g/mol. The average molecular weight is 188 g/mol. The molecule has 0 amide bonds. The fraction of sp³-hybridized carbons (Fsp3) is 0. The maximum atomic E-state index is 9.75. The molecule has 0 aliphatic heterocycles. The lowest BCUT2D eigenvalue weighted by molar-refractivity contribution is 0.628. The van der Waals surface area contributed by atoms with E-state index in [0.717, 1.165) is 0 Å². The zero-order chi connectivity index (χ0) is 6.41. The van der Waals surface area contributed by atoms with E-state index < -0.39 is 9.88 Å². The van der Waals surface area contributed by atoms with Crippen LogP contribution in [-0.2, 0) is 9.88 Å². The van der Waals surface area contributed by atoms with E-state index in [1.165, 1.54) is 0 Å². The first-order chi connectivity index (χ1) is 3.77. The molecule has 8 heteroatoms. The maximum absolute atomic E-state index is 9.75. The van der Waals surface area contributed by atoms with Crippen molar-refractivity contribution < 1.29 is 8.42 Å². The van der Waals surface area contributed by atoms with Crippen molar-refractivity contribution in [2.24, 2.45) is 4.52 Å². The molecule has 0 radical (unpaired) electrons. The van der Waals surface area contributed by atoms with Crippen molar-refractivity contribution in [3.8, 4) is 0 Å². The molecule has 0 spiro atoms. The van der Waals surface area contributed by atoms with Crippen LogP contribution in [0.5, 0.6) is 0 Å². The Balaban J connectivity index is 3.63. The summed E-state index contributed by atoms with van der Waals surface area (Å²) in [5.74, 6) is 0. The second-order valence-electron chi connectivity index (χ2n) is 0.624. The third-order valence-electron chi connectivity index (χ3n) is 0.218. The largest absolute Gasteiger partial charge is 0.251 e. The minimum Gasteiger partial charge on any atom is -0.235 e. The van der Waals surface area contributed by atoms with Crippen molar-refractivity contribution in [1.82, 2.24) is 4.86 Å². The lowest BCUT2D eigenvalue weighted by atomic mass is 13.9. The molecular weight excluding hydrogens is 185 g/mol. The highest BCUT2D eigenvalue weighted by Gasteiger charge is 1.68. The highest BCUT2D eigenvalue weighted by molar-refractivity contribution is 8.05. The third kappa shape index (κ3) is 6.61. The molecule has 0 aromatic heterocycles. The van der Waals surface area contributed by atoms with Crippen molar-refractivity contribution in [2.75, 3.05) is 0 Å². The van der Waals surface area contributed by atoms with Crippen LogP contribution < -0.4 is 4.86 Å². The van der Waals surface area contributed by atoms with Gasteiger partial charge in [-0.1, -0.05) is 0 Å². The van der Waals surface area contributed by atoms with Crippen LogP contribution in [0.1, 0.15) is 0 Å². The SMILES string of the molecule is O=S(=O)=PNP=NP. The van der Waals surface area contributed by atoms with Crippen LogP contribution in [0.15, 0.2) is 4.52 Å². The lowest BCUT2D eigenvalue weighted by Crippen LogP contribution is -1.67. The normalized spacial score (nSPS) is 10.6. The molecule has 0 saturated heterocycles. The van der Waals surface area contributed by atoms with Crippen LogP contribution in [0.3, 0.4) is 0 Å². The second-order valence-corrected chi connectivity index (χ2v) is 4.61. The standard InChI is InChI=1S/H3N2O2P3S/c3-8(4)7-2-6-1-5/h5H2,(H,1,2). The van der Waals surface area contributed by atoms with Gasteiger partial charge in [-0.3, -0.25) is 0 Å². The summed E-state index contributed by atoms with van der Waals surface area (Å²) in [6.07, 6.45) is 0. The van der Waals surface area contributed by atoms with Gasteiger partial charge in [-0.15, -0.1) is 0 Å². The molecule has 0 saturated carbocycles. The Bertz CT molecular complexity index is 183. The van der Waals surface area contributed by atoms with Gasteiger partial charge in [0.1, 0.15) is 16.0 Å². The van der Waals surface area contributed by atoms with Gasteiger partial charge in [-0.05, 0) is 9.39 Å². The molecule has 0 aliphatic rings. The molecular formula is H3N2O2P3S. The predicted molar refractivity (Wildman–Crippen MR) is 38.0 cm³/mol. The van der Waals surface area contributed by atoms with Gasteiger partial charge in [0.2, 0.25) is 0 Å². The zero-order valence-electron chi connectivity index (χ0n) is 3.64. The zero-order valence-corrected chi connectivity index (χ0v) is 7.40. The van der Waals surface area contributed by atoms with Crippen LogP contribution in [0.4, 0.5) is 0 Å². The maximum Gasteiger partial charge on any atom is 0.251 e. The highest BCUT2D eigenvalue weighted by atomic mass is 32.5. The van der Waals surface area contributed by atoms with E-state index in [1.807, 2.05) is 0 Å². The van der Waals surface area contributed by atoms with Crippen LogP contribution in [0.2, 0.25) is 0 Å². The number of nitrogens with one attached hydrogen (secondary N) is 1. The molecule has 0 aliphatic carbocycles. The fourth-order valence-electron chi connectivity index (χ4n) is 0.0774. The van der Waals surface area contributed by atoms with Gasteiger partial charge in [0, 0.05) is 0 Å². The van der Waals surface area contributed by atoms with Crippen LogP contribution in [0, 0.1) is 0 Å². The van der Waals surface area contributed by atoms with Gasteiger partial charge >= 0.3 is 0 Å². The fourth-order valence-corrected chi connectivity index (χ4v) is 2.09. The van der Waals surface area contributed by atoms with E-state index >= 15 is 0 Å². The average Bonchev–Trinajstić information content (AvgIpc) is 1.66. The summed E-state index contributed by atoms with van der Waals surface area (Å²) in [7, 11) is 0.801. The minimum absolute atomic E-state index is 0.173. The summed E-state index contributed by atoms with van der Waals surface area (Å²) in [4.78, 5) is 2.48. The van der Waals surface area contributed by atoms with Crippen LogP contribution >= 0.6 is 25.4 Å². The van der Waals surface area contributed by atoms with E-state index in [9.17, 15) is 8.42 Å². The third-order valence-corrected chi connectivity index (χ3v) is 2.70. The Morgan fingerprint density at radius 2 is 2.25 bits per heavy atom. The van der Waals surface area contributed by atoms with Crippen molar-refractivity contribution in [1.29, 1.82) is 0 Å². The summed E-state index contributed by atoms with van der Waals surface area (Å²) in [6, 6.07) is 0. The second kappa shape index (κ2) is 5.74. The van der Waals surface area contributed by atoms with E-state index in [0.29, 0.717) is 8.52 Å². The topological polar surface area (TPSA) is 58.5 Å². The van der Waals surface area contributed by atoms with E-state index in [1.54, 1.807) is 0 Å². The first kappa shape index (κ1) is 8.61. The Morgan fingerprint density at radius 3 is 2.62 bits per heavy atom. The summed E-state index contributed by atoms with van der Waals surface area (Å²) in [6.45, 7) is 0. The van der Waals surface area contributed by atoms with Crippen molar-refractivity contribution in [2.45, 2.75) is 0 Å². The minimum atomic E-state index is -2.03. The molecule has 1 atom stereocenters. The molecule has 1 N–H and O–H groups in total. The molecule has 0 aromatic carbocycles. The number of rotatable bonds is 2. The van der Waals surface area contributed by atoms with Crippen molar-refractivity contribution in [3.63, 3.8) is 0 Å². The van der Waals surface area contributed by atoms with Crippen LogP contribution in [0.25, 0.3) is 0 Å². The van der Waals surface area contributed by atoms with E-state index in [2.05, 4.69) is 18.8 Å².